The molecule has 10 saturated heterocycles. The van der Waals surface area contributed by atoms with E-state index in [-0.39, 0.29) is 110 Å². The molecule has 10 fully saturated rings. The standard InChI is InChI=1S/C40H59NO10/c1-19-11-25-5-7-29-20(2)12-27(44-29)9-10-40-17-34-36(50-40)37-38(49-34)39(51-40)35-30(48-37)8-6-26(46-35)13-23(42)14-28-22(4)31(15-24(43)18-41)47-33(28)16-32(45-25)21(19)3/h19,22,24-39,43H,2-3,5-18,41H2,1,4H3/t19-,22-,24+,25+,26?,27+,28-,29?,30+,31-,32-,33+,34-,35+,36+,37+,38-,39+,40+/m1/s1. The smallest absolute Gasteiger partial charge is 0.172 e. The number of hydrogen-bond donors (Lipinski definition) is 2. The van der Waals surface area contributed by atoms with Gasteiger partial charge in [-0.2, -0.15) is 0 Å². The van der Waals surface area contributed by atoms with Crippen LogP contribution in [0.5, 0.6) is 0 Å². The van der Waals surface area contributed by atoms with Crippen molar-refractivity contribution in [3.05, 3.63) is 24.3 Å². The van der Waals surface area contributed by atoms with E-state index >= 15 is 0 Å². The third-order valence-electron chi connectivity index (χ3n) is 14.2. The molecule has 0 aromatic rings. The highest BCUT2D eigenvalue weighted by molar-refractivity contribution is 5.79. The van der Waals surface area contributed by atoms with Crippen molar-refractivity contribution in [1.29, 1.82) is 0 Å². The lowest BCUT2D eigenvalue weighted by Gasteiger charge is -2.47. The molecular weight excluding hydrogens is 654 g/mol. The van der Waals surface area contributed by atoms with E-state index in [4.69, 9.17) is 43.6 Å². The maximum absolute atomic E-state index is 14.0. The van der Waals surface area contributed by atoms with Crippen molar-refractivity contribution in [2.45, 2.75) is 195 Å². The molecule has 10 rings (SSSR count). The van der Waals surface area contributed by atoms with Crippen LogP contribution in [0.2, 0.25) is 0 Å². The molecule has 2 unspecified atom stereocenters. The van der Waals surface area contributed by atoms with Crippen LogP contribution in [-0.4, -0.2) is 115 Å². The summed E-state index contributed by atoms with van der Waals surface area (Å²) < 4.78 is 54.0. The van der Waals surface area contributed by atoms with Gasteiger partial charge in [0.25, 0.3) is 0 Å². The first-order valence-corrected chi connectivity index (χ1v) is 20.1. The number of carbonyl (C=O) groups is 1. The highest BCUT2D eigenvalue weighted by atomic mass is 16.8. The second kappa shape index (κ2) is 13.8. The molecule has 3 N–H and O–H groups in total. The molecule has 0 radical (unpaired) electrons. The van der Waals surface area contributed by atoms with E-state index in [1.54, 1.807) is 0 Å². The lowest BCUT2D eigenvalue weighted by molar-refractivity contribution is -0.292. The second-order valence-corrected chi connectivity index (χ2v) is 17.6. The van der Waals surface area contributed by atoms with Gasteiger partial charge in [0.2, 0.25) is 0 Å². The summed E-state index contributed by atoms with van der Waals surface area (Å²) in [6.07, 6.45) is 6.43. The van der Waals surface area contributed by atoms with E-state index in [0.717, 1.165) is 56.1 Å². The molecule has 19 atom stereocenters. The number of rotatable bonds is 3. The minimum absolute atomic E-state index is 0.00127. The van der Waals surface area contributed by atoms with Crippen LogP contribution in [0.15, 0.2) is 24.3 Å². The maximum Gasteiger partial charge on any atom is 0.172 e. The van der Waals surface area contributed by atoms with Crippen molar-refractivity contribution in [3.8, 4) is 0 Å². The van der Waals surface area contributed by atoms with Gasteiger partial charge in [-0.15, -0.1) is 0 Å². The predicted octanol–water partition coefficient (Wildman–Crippen LogP) is 4.06. The molecule has 284 valence electrons. The first-order valence-electron chi connectivity index (χ1n) is 20.1. The predicted molar refractivity (Wildman–Crippen MR) is 185 cm³/mol. The van der Waals surface area contributed by atoms with Crippen LogP contribution >= 0.6 is 0 Å². The first kappa shape index (κ1) is 35.5. The highest BCUT2D eigenvalue weighted by Crippen LogP contribution is 2.54. The Labute approximate surface area is 302 Å². The van der Waals surface area contributed by atoms with E-state index in [9.17, 15) is 9.90 Å². The summed E-state index contributed by atoms with van der Waals surface area (Å²) in [7, 11) is 0. The molecule has 11 heteroatoms. The zero-order valence-electron chi connectivity index (χ0n) is 30.4. The van der Waals surface area contributed by atoms with Crippen LogP contribution in [0.1, 0.15) is 97.3 Å². The van der Waals surface area contributed by atoms with Crippen molar-refractivity contribution in [3.63, 3.8) is 0 Å². The summed E-state index contributed by atoms with van der Waals surface area (Å²) >= 11 is 0. The first-order chi connectivity index (χ1) is 24.6. The fourth-order valence-electron chi connectivity index (χ4n) is 11.3. The van der Waals surface area contributed by atoms with Crippen LogP contribution in [0.25, 0.3) is 0 Å². The average molecular weight is 714 g/mol. The van der Waals surface area contributed by atoms with Crippen molar-refractivity contribution >= 4 is 5.78 Å². The van der Waals surface area contributed by atoms with Gasteiger partial charge in [0.15, 0.2) is 5.79 Å². The van der Waals surface area contributed by atoms with Gasteiger partial charge in [-0.3, -0.25) is 4.79 Å². The Bertz CT molecular complexity index is 1360. The quantitative estimate of drug-likeness (QED) is 0.410. The van der Waals surface area contributed by atoms with E-state index < -0.39 is 11.9 Å². The van der Waals surface area contributed by atoms with Crippen molar-refractivity contribution in [1.82, 2.24) is 0 Å². The van der Waals surface area contributed by atoms with Gasteiger partial charge >= 0.3 is 0 Å². The zero-order chi connectivity index (χ0) is 35.2. The summed E-state index contributed by atoms with van der Waals surface area (Å²) in [5.74, 6) is -0.222. The van der Waals surface area contributed by atoms with E-state index in [0.29, 0.717) is 44.4 Å². The molecule has 10 heterocycles. The molecule has 11 nitrogen and oxygen atoms in total. The Balaban J connectivity index is 0.986. The van der Waals surface area contributed by atoms with E-state index in [1.807, 2.05) is 0 Å². The molecule has 12 bridgehead atoms. The van der Waals surface area contributed by atoms with Crippen LogP contribution in [0.3, 0.4) is 0 Å². The summed E-state index contributed by atoms with van der Waals surface area (Å²) in [5.41, 5.74) is 8.06. The third kappa shape index (κ3) is 6.53. The third-order valence-corrected chi connectivity index (χ3v) is 14.2. The SMILES string of the molecule is C=C1C[C@@H]2CC[C@@]34C[C@H]5O[C@H]6[C@@H](O3)[C@H]3OC(CC[C@@H]3O[C@H]6[C@H]5O4)CC(=O)C[C@@H]3[C@@H](C)[C@@H](C[C@H](O)CN)O[C@H]3C[C@H]3O[C@@H](CCC1O2)C[C@@H](C)C3=C. The molecule has 0 aromatic carbocycles. The molecular formula is C40H59NO10. The lowest BCUT2D eigenvalue weighted by atomic mass is 9.78. The van der Waals surface area contributed by atoms with Gasteiger partial charge in [-0.05, 0) is 73.8 Å². The normalized spacial score (nSPS) is 53.2. The van der Waals surface area contributed by atoms with Gasteiger partial charge < -0.3 is 48.7 Å². The molecule has 0 amide bonds. The Morgan fingerprint density at radius 2 is 1.51 bits per heavy atom. The number of ether oxygens (including phenoxy) is 8. The molecule has 1 spiro atoms. The fourth-order valence-corrected chi connectivity index (χ4v) is 11.3. The number of aliphatic hydroxyl groups excluding tert-OH is 1. The largest absolute Gasteiger partial charge is 0.392 e. The average Bonchev–Trinajstić information content (AvgIpc) is 3.77. The van der Waals surface area contributed by atoms with Crippen LogP contribution in [0, 0.1) is 17.8 Å². The molecule has 0 saturated carbocycles. The van der Waals surface area contributed by atoms with E-state index in [2.05, 4.69) is 27.0 Å². The summed E-state index contributed by atoms with van der Waals surface area (Å²) in [5, 5.41) is 10.5. The Morgan fingerprint density at radius 3 is 2.35 bits per heavy atom. The number of nitrogens with two attached hydrogens (primary N) is 1. The summed E-state index contributed by atoms with van der Waals surface area (Å²) in [4.78, 5) is 14.0. The monoisotopic (exact) mass is 713 g/mol. The van der Waals surface area contributed by atoms with Crippen molar-refractivity contribution in [2.24, 2.45) is 23.5 Å². The number of Topliss-reactive ketones (excluding diaryl/α,β-unsaturated/α-hetero) is 1. The minimum atomic E-state index is -0.765. The molecule has 0 aromatic heterocycles. The number of fused-ring (bicyclic) bond motifs is 6. The van der Waals surface area contributed by atoms with Crippen molar-refractivity contribution in [2.75, 3.05) is 6.54 Å². The number of carbonyl (C=O) groups excluding carboxylic acids is 1. The highest BCUT2D eigenvalue weighted by Gasteiger charge is 2.68. The molecule has 0 aliphatic carbocycles. The lowest BCUT2D eigenvalue weighted by Crippen LogP contribution is -2.61. The van der Waals surface area contributed by atoms with Gasteiger partial charge in [0.1, 0.15) is 36.3 Å². The molecule has 10 aliphatic heterocycles. The Morgan fingerprint density at radius 1 is 0.765 bits per heavy atom. The topological polar surface area (TPSA) is 137 Å². The molecule has 10 aliphatic rings. The second-order valence-electron chi connectivity index (χ2n) is 17.6. The number of ketones is 1. The zero-order valence-corrected chi connectivity index (χ0v) is 30.4. The maximum atomic E-state index is 14.0. The van der Waals surface area contributed by atoms with Crippen LogP contribution in [0.4, 0.5) is 0 Å². The van der Waals surface area contributed by atoms with Crippen LogP contribution in [-0.2, 0) is 42.7 Å². The van der Waals surface area contributed by atoms with E-state index in [1.165, 1.54) is 0 Å². The molecule has 51 heavy (non-hydrogen) atoms. The van der Waals surface area contributed by atoms with Crippen molar-refractivity contribution < 1.29 is 47.8 Å². The summed E-state index contributed by atoms with van der Waals surface area (Å²) in [6.45, 7) is 13.5. The van der Waals surface area contributed by atoms with Crippen LogP contribution < -0.4 is 5.73 Å². The van der Waals surface area contributed by atoms with Gasteiger partial charge in [0, 0.05) is 45.1 Å². The summed E-state index contributed by atoms with van der Waals surface area (Å²) in [6, 6.07) is 0. The Hall–Kier alpha value is -1.25. The van der Waals surface area contributed by atoms with Gasteiger partial charge in [-0.25, -0.2) is 0 Å². The number of aliphatic hydroxyl groups is 1. The fraction of sp³-hybridized carbons (Fsp3) is 0.875. The number of hydrogen-bond acceptors (Lipinski definition) is 11. The minimum Gasteiger partial charge on any atom is -0.392 e. The Kier molecular flexibility index (Phi) is 9.59. The van der Waals surface area contributed by atoms with Gasteiger partial charge in [0.05, 0.1) is 61.0 Å². The van der Waals surface area contributed by atoms with Gasteiger partial charge in [-0.1, -0.05) is 27.0 Å².